The molecular weight excluding hydrogens is 737 g/mol. The van der Waals surface area contributed by atoms with Crippen LogP contribution in [0.25, 0.3) is 75.6 Å². The quantitative estimate of drug-likeness (QED) is 0.119. The first-order valence-corrected chi connectivity index (χ1v) is 19.4. The van der Waals surface area contributed by atoms with Gasteiger partial charge in [0.25, 0.3) is 11.4 Å². The van der Waals surface area contributed by atoms with Gasteiger partial charge in [0, 0.05) is 65.7 Å². The highest BCUT2D eigenvalue weighted by atomic mass is 32.2. The second-order valence-electron chi connectivity index (χ2n) is 11.5. The van der Waals surface area contributed by atoms with Gasteiger partial charge in [-0.05, 0) is 30.3 Å². The normalized spacial score (nSPS) is 11.9. The molecule has 11 nitrogen and oxygen atoms in total. The fourth-order valence-corrected chi connectivity index (χ4v) is 9.35. The van der Waals surface area contributed by atoms with Crippen LogP contribution in [0.3, 0.4) is 0 Å². The van der Waals surface area contributed by atoms with Crippen LogP contribution >= 0.6 is 34.8 Å². The van der Waals surface area contributed by atoms with E-state index in [-0.39, 0.29) is 16.3 Å². The Morgan fingerprint density at radius 1 is 0.538 bits per heavy atom. The van der Waals surface area contributed by atoms with Gasteiger partial charge in [-0.1, -0.05) is 72.8 Å². The van der Waals surface area contributed by atoms with E-state index in [0.717, 1.165) is 66.7 Å². The number of para-hydroxylation sites is 2. The Labute approximate surface area is 309 Å². The molecule has 9 rings (SSSR count). The molecule has 15 heteroatoms. The first kappa shape index (κ1) is 33.3. The Balaban J connectivity index is 0.000000149. The molecule has 9 aromatic rings. The van der Waals surface area contributed by atoms with E-state index < -0.39 is 15.7 Å². The summed E-state index contributed by atoms with van der Waals surface area (Å²) in [5.74, 6) is 0. The van der Waals surface area contributed by atoms with Crippen molar-refractivity contribution in [2.45, 2.75) is 4.90 Å². The zero-order valence-electron chi connectivity index (χ0n) is 26.8. The van der Waals surface area contributed by atoms with E-state index in [1.54, 1.807) is 47.9 Å². The van der Waals surface area contributed by atoms with Crippen molar-refractivity contribution in [1.82, 2.24) is 17.5 Å². The van der Waals surface area contributed by atoms with Crippen molar-refractivity contribution in [3.8, 4) is 33.4 Å². The smallest absolute Gasteiger partial charge is 0.258 e. The first-order valence-electron chi connectivity index (χ1n) is 15.5. The van der Waals surface area contributed by atoms with E-state index in [2.05, 4.69) is 29.6 Å². The molecule has 0 aliphatic carbocycles. The van der Waals surface area contributed by atoms with Crippen LogP contribution in [0.15, 0.2) is 120 Å². The van der Waals surface area contributed by atoms with Gasteiger partial charge in [0.1, 0.15) is 22.1 Å². The number of nitrogens with zero attached hydrogens (tertiary/aromatic N) is 6. The summed E-state index contributed by atoms with van der Waals surface area (Å²) in [6, 6.07) is 34.7. The monoisotopic (exact) mass is 758 g/mol. The summed E-state index contributed by atoms with van der Waals surface area (Å²) < 4.78 is 32.1. The van der Waals surface area contributed by atoms with E-state index in [1.807, 2.05) is 60.7 Å². The van der Waals surface area contributed by atoms with E-state index in [1.165, 1.54) is 16.8 Å². The fraction of sp³-hybridized carbons (Fsp3) is 0.0270. The van der Waals surface area contributed by atoms with Crippen LogP contribution in [0.5, 0.6) is 0 Å². The molecule has 6 aromatic carbocycles. The molecule has 0 spiro atoms. The van der Waals surface area contributed by atoms with E-state index >= 15 is 0 Å². The van der Waals surface area contributed by atoms with Crippen molar-refractivity contribution >= 4 is 99.2 Å². The molecule has 0 amide bonds. The first-order chi connectivity index (χ1) is 25.3. The number of hydrogen-bond acceptors (Lipinski definition) is 12. The lowest BCUT2D eigenvalue weighted by Gasteiger charge is -2.10. The lowest BCUT2D eigenvalue weighted by Crippen LogP contribution is -1.95. The molecule has 52 heavy (non-hydrogen) atoms. The topological polar surface area (TPSA) is 155 Å². The summed E-state index contributed by atoms with van der Waals surface area (Å²) in [4.78, 5) is 22.8. The lowest BCUT2D eigenvalue weighted by molar-refractivity contribution is -0.384. The van der Waals surface area contributed by atoms with Crippen molar-refractivity contribution in [1.29, 1.82) is 0 Å². The fourth-order valence-electron chi connectivity index (χ4n) is 6.31. The summed E-state index contributed by atoms with van der Waals surface area (Å²) in [7, 11) is -1.16. The Bertz CT molecular complexity index is 2790. The number of thiophene rings is 1. The van der Waals surface area contributed by atoms with Crippen molar-refractivity contribution in [2.75, 3.05) is 6.26 Å². The SMILES string of the molecule is CS(=O)c1ccccc1-c1ccc(-c2ccccc2[N+](=O)[O-])c2nsnc12.O=[N+]([O-])c1ccccc1-c1cc2sc3ccccc3c2c2nsnc12. The second kappa shape index (κ2) is 13.7. The number of benzene rings is 6. The van der Waals surface area contributed by atoms with Crippen molar-refractivity contribution in [3.05, 3.63) is 135 Å². The predicted molar refractivity (Wildman–Crippen MR) is 210 cm³/mol. The van der Waals surface area contributed by atoms with Gasteiger partial charge in [-0.15, -0.1) is 11.3 Å². The van der Waals surface area contributed by atoms with Crippen LogP contribution in [0.1, 0.15) is 0 Å². The molecular formula is C37H22N6O5S4. The van der Waals surface area contributed by atoms with Crippen molar-refractivity contribution < 1.29 is 14.1 Å². The molecule has 0 fully saturated rings. The van der Waals surface area contributed by atoms with E-state index in [4.69, 9.17) is 0 Å². The molecule has 0 N–H and O–H groups in total. The number of nitro groups is 2. The molecule has 0 aliphatic heterocycles. The van der Waals surface area contributed by atoms with E-state index in [9.17, 15) is 24.4 Å². The molecule has 0 saturated carbocycles. The highest BCUT2D eigenvalue weighted by Gasteiger charge is 2.23. The van der Waals surface area contributed by atoms with Gasteiger partial charge < -0.3 is 0 Å². The second-order valence-corrected chi connectivity index (χ2v) is 15.0. The Morgan fingerprint density at radius 3 is 1.63 bits per heavy atom. The minimum atomic E-state index is -1.16. The Hall–Kier alpha value is -5.87. The number of aromatic nitrogens is 4. The van der Waals surface area contributed by atoms with Crippen LogP contribution < -0.4 is 0 Å². The summed E-state index contributed by atoms with van der Waals surface area (Å²) in [5.41, 5.74) is 7.01. The minimum absolute atomic E-state index is 0.0228. The average molecular weight is 759 g/mol. The van der Waals surface area contributed by atoms with Crippen LogP contribution in [-0.2, 0) is 10.8 Å². The standard InChI is InChI=1S/C19H13N3O3S2.C18H9N3O2S2/c1-27(25)17-9-5-3-7-13(17)15-11-10-14(18-19(15)21-26-20-18)12-6-2-4-8-16(12)22(23)24;22-21(23)13-7-3-1-5-10(13)12-9-15-16(18-17(12)19-25-20-18)11-6-2-4-8-14(11)24-15/h2-11H,1H3;1-9H. The number of rotatable bonds is 6. The molecule has 0 radical (unpaired) electrons. The maximum atomic E-state index is 12.1. The number of hydrogen-bond donors (Lipinski definition) is 0. The summed E-state index contributed by atoms with van der Waals surface area (Å²) in [6.45, 7) is 0. The summed E-state index contributed by atoms with van der Waals surface area (Å²) >= 11 is 3.86. The highest BCUT2D eigenvalue weighted by Crippen LogP contribution is 2.44. The molecule has 3 aromatic heterocycles. The summed E-state index contributed by atoms with van der Waals surface area (Å²) in [5, 5.41) is 25.1. The summed E-state index contributed by atoms with van der Waals surface area (Å²) in [6.07, 6.45) is 1.64. The lowest BCUT2D eigenvalue weighted by atomic mass is 9.97. The van der Waals surface area contributed by atoms with Crippen molar-refractivity contribution in [3.63, 3.8) is 0 Å². The van der Waals surface area contributed by atoms with Gasteiger partial charge in [0.05, 0.1) is 55.2 Å². The van der Waals surface area contributed by atoms with Crippen LogP contribution in [0.2, 0.25) is 0 Å². The molecule has 1 unspecified atom stereocenters. The van der Waals surface area contributed by atoms with E-state index in [0.29, 0.717) is 32.6 Å². The zero-order valence-corrected chi connectivity index (χ0v) is 30.1. The average Bonchev–Trinajstić information content (AvgIpc) is 3.93. The molecule has 0 aliphatic rings. The maximum absolute atomic E-state index is 12.1. The van der Waals surface area contributed by atoms with Crippen LogP contribution in [-0.4, -0.2) is 37.8 Å². The zero-order chi connectivity index (χ0) is 35.9. The maximum Gasteiger partial charge on any atom is 0.277 e. The third kappa shape index (κ3) is 5.78. The molecule has 254 valence electrons. The van der Waals surface area contributed by atoms with Gasteiger partial charge in [-0.2, -0.15) is 17.5 Å². The molecule has 0 bridgehead atoms. The van der Waals surface area contributed by atoms with Gasteiger partial charge in [-0.3, -0.25) is 24.4 Å². The predicted octanol–water partition coefficient (Wildman–Crippen LogP) is 10.3. The van der Waals surface area contributed by atoms with Crippen molar-refractivity contribution in [2.24, 2.45) is 0 Å². The minimum Gasteiger partial charge on any atom is -0.258 e. The highest BCUT2D eigenvalue weighted by molar-refractivity contribution is 7.84. The largest absolute Gasteiger partial charge is 0.277 e. The molecule has 0 saturated heterocycles. The molecule has 3 heterocycles. The third-order valence-corrected chi connectivity index (χ3v) is 11.7. The third-order valence-electron chi connectivity index (χ3n) is 8.56. The molecule has 1 atom stereocenters. The van der Waals surface area contributed by atoms with Gasteiger partial charge in [0.2, 0.25) is 0 Å². The Morgan fingerprint density at radius 2 is 1.02 bits per heavy atom. The van der Waals surface area contributed by atoms with Gasteiger partial charge >= 0.3 is 0 Å². The van der Waals surface area contributed by atoms with Crippen LogP contribution in [0.4, 0.5) is 11.4 Å². The van der Waals surface area contributed by atoms with Gasteiger partial charge in [0.15, 0.2) is 0 Å². The van der Waals surface area contributed by atoms with Gasteiger partial charge in [-0.25, -0.2) is 0 Å². The Kier molecular flexibility index (Phi) is 8.76. The van der Waals surface area contributed by atoms with Crippen LogP contribution in [0, 0.1) is 20.2 Å². The number of fused-ring (bicyclic) bond motifs is 6. The number of nitro benzene ring substituents is 2.